The first-order chi connectivity index (χ1) is 19.2. The molecule has 0 saturated heterocycles. The summed E-state index contributed by atoms with van der Waals surface area (Å²) >= 11 is 0. The maximum Gasteiger partial charge on any atom is 0.255 e. The van der Waals surface area contributed by atoms with Crippen molar-refractivity contribution in [2.24, 2.45) is 0 Å². The number of hydrogen-bond donors (Lipinski definition) is 1. The number of aryl methyl sites for hydroxylation is 1. The summed E-state index contributed by atoms with van der Waals surface area (Å²) in [4.78, 5) is 17.6. The molecule has 210 valence electrons. The summed E-state index contributed by atoms with van der Waals surface area (Å²) in [6, 6.07) is 13.0. The fourth-order valence-electron chi connectivity index (χ4n) is 5.07. The molecule has 4 aromatic rings. The molecule has 2 aromatic carbocycles. The third kappa shape index (κ3) is 4.97. The van der Waals surface area contributed by atoms with E-state index in [1.165, 1.54) is 35.6 Å². The van der Waals surface area contributed by atoms with Crippen molar-refractivity contribution >= 4 is 32.8 Å². The summed E-state index contributed by atoms with van der Waals surface area (Å²) in [5.41, 5.74) is 2.46. The number of carbonyl (C=O) groups excluding carboxylic acids is 1. The summed E-state index contributed by atoms with van der Waals surface area (Å²) in [5, 5.41) is 3.06. The van der Waals surface area contributed by atoms with Crippen molar-refractivity contribution in [1.82, 2.24) is 10.3 Å². The Hall–Kier alpha value is -4.12. The fraction of sp³-hybridized carbons (Fsp3) is 0.310. The Morgan fingerprint density at radius 3 is 2.62 bits per heavy atom. The lowest BCUT2D eigenvalue weighted by molar-refractivity contribution is 0.0964. The standard InChI is InChI=1S/C29H30FN3O6S/c1-5-17-15-22-24(28(34)31-2)25(18-9-11-20(30)12-10-18)39-29(22)32-27(17)33(40(4,35)36)14-13-19-16-38-26-21(19)7-6-8-23(26)37-3/h6-12,15,19H,5,13-14,16H2,1-4H3,(H,31,34)/t19-/m0/s1. The minimum Gasteiger partial charge on any atom is -0.493 e. The monoisotopic (exact) mass is 567 g/mol. The van der Waals surface area contributed by atoms with Crippen LogP contribution < -0.4 is 19.1 Å². The number of rotatable bonds is 9. The SMILES string of the molecule is CCc1cc2c(C(=O)NC)c(-c3ccc(F)cc3)oc2nc1N(CC[C@H]1COc2c(OC)cccc21)S(C)(=O)=O. The van der Waals surface area contributed by atoms with Crippen LogP contribution in [0.25, 0.3) is 22.4 Å². The van der Waals surface area contributed by atoms with Gasteiger partial charge in [-0.2, -0.15) is 4.98 Å². The summed E-state index contributed by atoms with van der Waals surface area (Å²) in [7, 11) is -0.655. The molecule has 1 aliphatic rings. The maximum atomic E-state index is 13.6. The molecule has 0 aliphatic carbocycles. The molecule has 0 radical (unpaired) electrons. The van der Waals surface area contributed by atoms with E-state index in [9.17, 15) is 17.6 Å². The predicted molar refractivity (Wildman–Crippen MR) is 150 cm³/mol. The minimum absolute atomic E-state index is 0.0308. The van der Waals surface area contributed by atoms with Gasteiger partial charge in [-0.05, 0) is 54.8 Å². The lowest BCUT2D eigenvalue weighted by Crippen LogP contribution is -2.33. The molecule has 0 saturated carbocycles. The molecule has 1 atom stereocenters. The largest absolute Gasteiger partial charge is 0.493 e. The van der Waals surface area contributed by atoms with Gasteiger partial charge in [-0.1, -0.05) is 19.1 Å². The number of methoxy groups -OCH3 is 1. The van der Waals surface area contributed by atoms with Gasteiger partial charge in [0.25, 0.3) is 5.91 Å². The normalized spacial score (nSPS) is 14.6. The second kappa shape index (κ2) is 10.8. The van der Waals surface area contributed by atoms with E-state index in [1.54, 1.807) is 13.2 Å². The van der Waals surface area contributed by atoms with Gasteiger partial charge in [-0.3, -0.25) is 9.10 Å². The lowest BCUT2D eigenvalue weighted by Gasteiger charge is -2.24. The van der Waals surface area contributed by atoms with E-state index >= 15 is 0 Å². The van der Waals surface area contributed by atoms with E-state index < -0.39 is 21.7 Å². The highest BCUT2D eigenvalue weighted by Crippen LogP contribution is 2.43. The number of ether oxygens (including phenoxy) is 2. The molecule has 1 aliphatic heterocycles. The third-order valence-electron chi connectivity index (χ3n) is 7.10. The van der Waals surface area contributed by atoms with Gasteiger partial charge in [-0.15, -0.1) is 0 Å². The average molecular weight is 568 g/mol. The first-order valence-electron chi connectivity index (χ1n) is 12.9. The topological polar surface area (TPSA) is 111 Å². The predicted octanol–water partition coefficient (Wildman–Crippen LogP) is 4.90. The van der Waals surface area contributed by atoms with E-state index in [4.69, 9.17) is 13.9 Å². The Kier molecular flexibility index (Phi) is 7.41. The molecule has 2 aromatic heterocycles. The zero-order valence-electron chi connectivity index (χ0n) is 22.7. The molecule has 0 unspecified atom stereocenters. The number of aromatic nitrogens is 1. The first kappa shape index (κ1) is 27.4. The number of pyridine rings is 1. The van der Waals surface area contributed by atoms with Crippen LogP contribution in [-0.4, -0.2) is 52.9 Å². The second-order valence-electron chi connectivity index (χ2n) is 9.58. The van der Waals surface area contributed by atoms with Crippen LogP contribution in [0.3, 0.4) is 0 Å². The number of anilines is 1. The number of hydrogen-bond acceptors (Lipinski definition) is 7. The summed E-state index contributed by atoms with van der Waals surface area (Å²) < 4.78 is 58.3. The van der Waals surface area contributed by atoms with Crippen LogP contribution in [0.4, 0.5) is 10.2 Å². The maximum absolute atomic E-state index is 13.6. The highest BCUT2D eigenvalue weighted by atomic mass is 32.2. The molecule has 11 heteroatoms. The first-order valence-corrected chi connectivity index (χ1v) is 14.7. The van der Waals surface area contributed by atoms with Gasteiger partial charge < -0.3 is 19.2 Å². The number of halogens is 1. The number of amides is 1. The molecule has 0 bridgehead atoms. The number of furan rings is 1. The van der Waals surface area contributed by atoms with Crippen molar-refractivity contribution in [3.05, 3.63) is 71.0 Å². The molecule has 1 N–H and O–H groups in total. The smallest absolute Gasteiger partial charge is 0.255 e. The van der Waals surface area contributed by atoms with Crippen molar-refractivity contribution in [3.8, 4) is 22.8 Å². The molecule has 0 spiro atoms. The second-order valence-corrected chi connectivity index (χ2v) is 11.5. The number of nitrogens with one attached hydrogen (secondary N) is 1. The number of sulfonamides is 1. The van der Waals surface area contributed by atoms with Crippen LogP contribution >= 0.6 is 0 Å². The Balaban J connectivity index is 1.57. The van der Waals surface area contributed by atoms with E-state index in [1.807, 2.05) is 25.1 Å². The molecule has 5 rings (SSSR count). The zero-order valence-corrected chi connectivity index (χ0v) is 23.5. The zero-order chi connectivity index (χ0) is 28.6. The molecule has 1 amide bonds. The quantitative estimate of drug-likeness (QED) is 0.306. The van der Waals surface area contributed by atoms with Crippen LogP contribution in [0.15, 0.2) is 52.9 Å². The summed E-state index contributed by atoms with van der Waals surface area (Å²) in [5.74, 6) is 0.933. The van der Waals surface area contributed by atoms with Gasteiger partial charge in [0.05, 0.1) is 30.9 Å². The molecular weight excluding hydrogens is 537 g/mol. The van der Waals surface area contributed by atoms with Gasteiger partial charge in [-0.25, -0.2) is 12.8 Å². The van der Waals surface area contributed by atoms with Crippen molar-refractivity contribution in [2.75, 3.05) is 37.9 Å². The van der Waals surface area contributed by atoms with Crippen LogP contribution in [0, 0.1) is 5.82 Å². The molecule has 0 fully saturated rings. The number of para-hydroxylation sites is 1. The number of nitrogens with zero attached hydrogens (tertiary/aromatic N) is 2. The Morgan fingerprint density at radius 2 is 1.98 bits per heavy atom. The average Bonchev–Trinajstić information content (AvgIpc) is 3.53. The fourth-order valence-corrected chi connectivity index (χ4v) is 5.98. The lowest BCUT2D eigenvalue weighted by atomic mass is 9.97. The van der Waals surface area contributed by atoms with Gasteiger partial charge in [0.1, 0.15) is 17.4 Å². The number of carbonyl (C=O) groups is 1. The number of benzene rings is 2. The van der Waals surface area contributed by atoms with E-state index in [-0.39, 0.29) is 35.3 Å². The number of fused-ring (bicyclic) bond motifs is 2. The highest BCUT2D eigenvalue weighted by Gasteiger charge is 2.31. The Bertz CT molecular complexity index is 1680. The van der Waals surface area contributed by atoms with Crippen molar-refractivity contribution < 1.29 is 31.5 Å². The van der Waals surface area contributed by atoms with Crippen LogP contribution in [-0.2, 0) is 16.4 Å². The Labute approximate surface area is 232 Å². The molecular formula is C29H30FN3O6S. The van der Waals surface area contributed by atoms with Crippen LogP contribution in [0.1, 0.15) is 40.7 Å². The summed E-state index contributed by atoms with van der Waals surface area (Å²) in [6.07, 6.45) is 2.09. The third-order valence-corrected chi connectivity index (χ3v) is 8.25. The Morgan fingerprint density at radius 1 is 1.23 bits per heavy atom. The van der Waals surface area contributed by atoms with Gasteiger partial charge >= 0.3 is 0 Å². The molecule has 40 heavy (non-hydrogen) atoms. The van der Waals surface area contributed by atoms with Gasteiger partial charge in [0.15, 0.2) is 11.5 Å². The van der Waals surface area contributed by atoms with Crippen molar-refractivity contribution in [3.63, 3.8) is 0 Å². The van der Waals surface area contributed by atoms with E-state index in [0.717, 1.165) is 11.8 Å². The molecule has 3 heterocycles. The van der Waals surface area contributed by atoms with Crippen molar-refractivity contribution in [2.45, 2.75) is 25.7 Å². The minimum atomic E-state index is -3.74. The molecule has 9 nitrogen and oxygen atoms in total. The van der Waals surface area contributed by atoms with Gasteiger partial charge in [0, 0.05) is 30.6 Å². The highest BCUT2D eigenvalue weighted by molar-refractivity contribution is 7.92. The van der Waals surface area contributed by atoms with Crippen LogP contribution in [0.5, 0.6) is 11.5 Å². The van der Waals surface area contributed by atoms with E-state index in [2.05, 4.69) is 10.3 Å². The van der Waals surface area contributed by atoms with Gasteiger partial charge in [0.2, 0.25) is 15.7 Å². The van der Waals surface area contributed by atoms with Crippen LogP contribution in [0.2, 0.25) is 0 Å². The van der Waals surface area contributed by atoms with E-state index in [0.29, 0.717) is 47.5 Å². The summed E-state index contributed by atoms with van der Waals surface area (Å²) in [6.45, 7) is 2.46. The van der Waals surface area contributed by atoms with Crippen molar-refractivity contribution in [1.29, 1.82) is 0 Å².